The van der Waals surface area contributed by atoms with Gasteiger partial charge in [0.15, 0.2) is 5.78 Å². The number of unbranched alkanes of at least 4 members (excludes halogenated alkanes) is 3. The Balaban J connectivity index is 1.47. The van der Waals surface area contributed by atoms with Crippen LogP contribution in [-0.2, 0) is 4.79 Å². The summed E-state index contributed by atoms with van der Waals surface area (Å²) in [4.78, 5) is 27.3. The van der Waals surface area contributed by atoms with Crippen molar-refractivity contribution in [3.8, 4) is 11.5 Å². The van der Waals surface area contributed by atoms with E-state index in [2.05, 4.69) is 5.32 Å². The van der Waals surface area contributed by atoms with Crippen LogP contribution in [0.1, 0.15) is 73.4 Å². The average molecular weight is 559 g/mol. The molecule has 220 valence electrons. The van der Waals surface area contributed by atoms with Crippen LogP contribution in [0.2, 0.25) is 0 Å². The maximum absolute atomic E-state index is 12.8. The fourth-order valence-corrected chi connectivity index (χ4v) is 4.81. The van der Waals surface area contributed by atoms with Gasteiger partial charge in [-0.15, -0.1) is 0 Å². The second-order valence-corrected chi connectivity index (χ2v) is 10.3. The number of nitrogens with zero attached hydrogens (tertiary/aromatic N) is 1. The molecule has 1 heterocycles. The number of carbonyl (C=O) groups is 2. The van der Waals surface area contributed by atoms with Crippen LogP contribution in [0, 0.1) is 0 Å². The molecule has 2 aromatic rings. The standard InChI is InChI=1S/C31H43FN2O6/c1-39-26-13-9-23(10-14-26)29(36)7-3-2-4-8-30(37)33-28(22-34-19-17-25(35)21-34)31(38)24-11-15-27(16-12-24)40-20-6-5-18-32/h9-16,25,28,31,35,38H,2-8,17-22H2,1H3,(H,33,37)/t25?,28-,31-/m1/s1. The lowest BCUT2D eigenvalue weighted by Gasteiger charge is -2.29. The molecule has 1 unspecified atom stereocenters. The maximum Gasteiger partial charge on any atom is 0.220 e. The highest BCUT2D eigenvalue weighted by molar-refractivity contribution is 5.96. The van der Waals surface area contributed by atoms with Gasteiger partial charge in [-0.25, -0.2) is 0 Å². The zero-order valence-corrected chi connectivity index (χ0v) is 23.4. The summed E-state index contributed by atoms with van der Waals surface area (Å²) >= 11 is 0. The summed E-state index contributed by atoms with van der Waals surface area (Å²) in [7, 11) is 1.58. The number of methoxy groups -OCH3 is 1. The number of ether oxygens (including phenoxy) is 2. The number of benzene rings is 2. The maximum atomic E-state index is 12.8. The van der Waals surface area contributed by atoms with E-state index < -0.39 is 18.2 Å². The SMILES string of the molecule is COc1ccc(C(=O)CCCCCC(=O)N[C@H](CN2CCC(O)C2)[C@H](O)c2ccc(OCCCCF)cc2)cc1. The number of amides is 1. The number of alkyl halides is 1. The monoisotopic (exact) mass is 558 g/mol. The Morgan fingerprint density at radius 2 is 1.70 bits per heavy atom. The van der Waals surface area contributed by atoms with Gasteiger partial charge < -0.3 is 25.0 Å². The summed E-state index contributed by atoms with van der Waals surface area (Å²) in [5.41, 5.74) is 1.30. The molecule has 0 bridgehead atoms. The number of halogens is 1. The van der Waals surface area contributed by atoms with E-state index in [4.69, 9.17) is 9.47 Å². The molecule has 3 rings (SSSR count). The highest BCUT2D eigenvalue weighted by Gasteiger charge is 2.29. The Labute approximate surface area is 236 Å². The molecule has 0 radical (unpaired) electrons. The van der Waals surface area contributed by atoms with Gasteiger partial charge in [-0.3, -0.25) is 18.9 Å². The third kappa shape index (κ3) is 10.5. The minimum atomic E-state index is -0.940. The molecule has 1 saturated heterocycles. The Bertz CT molecular complexity index is 1030. The summed E-state index contributed by atoms with van der Waals surface area (Å²) in [6, 6.07) is 13.6. The number of hydrogen-bond donors (Lipinski definition) is 3. The first kappa shape index (κ1) is 31.5. The summed E-state index contributed by atoms with van der Waals surface area (Å²) in [5, 5.41) is 24.1. The van der Waals surface area contributed by atoms with Crippen LogP contribution in [0.4, 0.5) is 4.39 Å². The first-order valence-electron chi connectivity index (χ1n) is 14.2. The van der Waals surface area contributed by atoms with Gasteiger partial charge >= 0.3 is 0 Å². The van der Waals surface area contributed by atoms with E-state index in [-0.39, 0.29) is 18.4 Å². The molecule has 40 heavy (non-hydrogen) atoms. The summed E-state index contributed by atoms with van der Waals surface area (Å²) in [5.74, 6) is 1.26. The Kier molecular flexibility index (Phi) is 13.4. The highest BCUT2D eigenvalue weighted by Crippen LogP contribution is 2.23. The van der Waals surface area contributed by atoms with Crippen molar-refractivity contribution < 1.29 is 33.7 Å². The fourth-order valence-electron chi connectivity index (χ4n) is 4.81. The Morgan fingerprint density at radius 1 is 1.00 bits per heavy atom. The number of aliphatic hydroxyl groups is 2. The van der Waals surface area contributed by atoms with E-state index in [0.717, 1.165) is 6.42 Å². The van der Waals surface area contributed by atoms with Gasteiger partial charge in [-0.1, -0.05) is 18.6 Å². The Morgan fingerprint density at radius 3 is 2.35 bits per heavy atom. The largest absolute Gasteiger partial charge is 0.497 e. The van der Waals surface area contributed by atoms with Gasteiger partial charge in [0.25, 0.3) is 0 Å². The lowest BCUT2D eigenvalue weighted by molar-refractivity contribution is -0.123. The number of likely N-dealkylation sites (tertiary alicyclic amines) is 1. The molecule has 1 aliphatic heterocycles. The number of carbonyl (C=O) groups excluding carboxylic acids is 2. The van der Waals surface area contributed by atoms with Crippen LogP contribution >= 0.6 is 0 Å². The Hall–Kier alpha value is -3.01. The van der Waals surface area contributed by atoms with Gasteiger partial charge in [0.05, 0.1) is 32.5 Å². The third-order valence-electron chi connectivity index (χ3n) is 7.17. The van der Waals surface area contributed by atoms with Crippen molar-refractivity contribution in [1.29, 1.82) is 0 Å². The van der Waals surface area contributed by atoms with Gasteiger partial charge in [0.1, 0.15) is 17.6 Å². The van der Waals surface area contributed by atoms with Crippen molar-refractivity contribution in [3.05, 3.63) is 59.7 Å². The number of hydrogen-bond acceptors (Lipinski definition) is 7. The molecule has 1 aliphatic rings. The third-order valence-corrected chi connectivity index (χ3v) is 7.17. The molecule has 1 amide bonds. The molecule has 8 nitrogen and oxygen atoms in total. The number of rotatable bonds is 18. The number of nitrogens with one attached hydrogen (secondary N) is 1. The van der Waals surface area contributed by atoms with Crippen molar-refractivity contribution >= 4 is 11.7 Å². The van der Waals surface area contributed by atoms with E-state index in [0.29, 0.717) is 93.8 Å². The van der Waals surface area contributed by atoms with Crippen LogP contribution < -0.4 is 14.8 Å². The molecule has 0 saturated carbocycles. The molecule has 9 heteroatoms. The van der Waals surface area contributed by atoms with E-state index in [9.17, 15) is 24.2 Å². The number of aliphatic hydroxyl groups excluding tert-OH is 2. The van der Waals surface area contributed by atoms with E-state index in [1.165, 1.54) is 0 Å². The van der Waals surface area contributed by atoms with Crippen LogP contribution in [0.3, 0.4) is 0 Å². The predicted molar refractivity (Wildman–Crippen MR) is 152 cm³/mol. The highest BCUT2D eigenvalue weighted by atomic mass is 19.1. The smallest absolute Gasteiger partial charge is 0.220 e. The molecule has 3 atom stereocenters. The average Bonchev–Trinajstić information content (AvgIpc) is 3.39. The molecule has 3 N–H and O–H groups in total. The van der Waals surface area contributed by atoms with Gasteiger partial charge in [0.2, 0.25) is 5.91 Å². The van der Waals surface area contributed by atoms with E-state index in [1.807, 2.05) is 4.90 Å². The van der Waals surface area contributed by atoms with Crippen LogP contribution in [0.15, 0.2) is 48.5 Å². The molecule has 0 spiro atoms. The van der Waals surface area contributed by atoms with Gasteiger partial charge in [-0.05, 0) is 74.1 Å². The zero-order chi connectivity index (χ0) is 28.7. The summed E-state index contributed by atoms with van der Waals surface area (Å²) < 4.78 is 23.0. The molecule has 2 aromatic carbocycles. The van der Waals surface area contributed by atoms with E-state index in [1.54, 1.807) is 55.6 Å². The number of Topliss-reactive ketones (excluding diaryl/α,β-unsaturated/α-hetero) is 1. The molecular weight excluding hydrogens is 515 g/mol. The van der Waals surface area contributed by atoms with Crippen molar-refractivity contribution in [2.24, 2.45) is 0 Å². The minimum absolute atomic E-state index is 0.0688. The number of β-amino-alcohol motifs (C(OH)–C–C–N with tert-alkyl or cyclic N) is 1. The predicted octanol–water partition coefficient (Wildman–Crippen LogP) is 4.24. The first-order valence-corrected chi connectivity index (χ1v) is 14.2. The molecule has 0 aliphatic carbocycles. The van der Waals surface area contributed by atoms with E-state index >= 15 is 0 Å². The van der Waals surface area contributed by atoms with Crippen LogP contribution in [0.5, 0.6) is 11.5 Å². The second-order valence-electron chi connectivity index (χ2n) is 10.3. The molecule has 0 aromatic heterocycles. The normalized spacial score (nSPS) is 16.9. The van der Waals surface area contributed by atoms with Crippen molar-refractivity contribution in [1.82, 2.24) is 10.2 Å². The fraction of sp³-hybridized carbons (Fsp3) is 0.548. The van der Waals surface area contributed by atoms with Crippen LogP contribution in [-0.4, -0.2) is 79.0 Å². The van der Waals surface area contributed by atoms with Gasteiger partial charge in [0, 0.05) is 38.0 Å². The minimum Gasteiger partial charge on any atom is -0.497 e. The lowest BCUT2D eigenvalue weighted by atomic mass is 10.0. The van der Waals surface area contributed by atoms with Crippen molar-refractivity contribution in [2.75, 3.05) is 40.0 Å². The van der Waals surface area contributed by atoms with Crippen molar-refractivity contribution in [2.45, 2.75) is 69.6 Å². The second kappa shape index (κ2) is 16.9. The summed E-state index contributed by atoms with van der Waals surface area (Å²) in [6.07, 6.45) is 3.22. The molecular formula is C31H43FN2O6. The zero-order valence-electron chi connectivity index (χ0n) is 23.4. The molecule has 1 fully saturated rings. The lowest BCUT2D eigenvalue weighted by Crippen LogP contribution is -2.47. The first-order chi connectivity index (χ1) is 19.4. The summed E-state index contributed by atoms with van der Waals surface area (Å²) in [6.45, 7) is 1.69. The number of ketones is 1. The quantitative estimate of drug-likeness (QED) is 0.186. The van der Waals surface area contributed by atoms with Crippen molar-refractivity contribution in [3.63, 3.8) is 0 Å². The van der Waals surface area contributed by atoms with Gasteiger partial charge in [-0.2, -0.15) is 0 Å². The van der Waals surface area contributed by atoms with Crippen LogP contribution in [0.25, 0.3) is 0 Å². The topological polar surface area (TPSA) is 108 Å².